The zero-order valence-electron chi connectivity index (χ0n) is 16.9. The molecule has 0 aromatic heterocycles. The van der Waals surface area contributed by atoms with E-state index in [1.807, 2.05) is 47.4 Å². The smallest absolute Gasteiger partial charge is 0.258 e. The Morgan fingerprint density at radius 3 is 2.57 bits per heavy atom. The van der Waals surface area contributed by atoms with Gasteiger partial charge in [0.15, 0.2) is 11.5 Å². The highest BCUT2D eigenvalue weighted by Gasteiger charge is 2.29. The quantitative estimate of drug-likeness (QED) is 0.584. The van der Waals surface area contributed by atoms with E-state index in [1.165, 1.54) is 0 Å². The van der Waals surface area contributed by atoms with E-state index >= 15 is 0 Å². The second-order valence-corrected chi connectivity index (χ2v) is 7.52. The van der Waals surface area contributed by atoms with E-state index < -0.39 is 0 Å². The van der Waals surface area contributed by atoms with Gasteiger partial charge in [-0.05, 0) is 54.4 Å². The molecule has 1 atom stereocenters. The minimum absolute atomic E-state index is 0.0652. The van der Waals surface area contributed by atoms with Gasteiger partial charge in [0.05, 0.1) is 20.3 Å². The van der Waals surface area contributed by atoms with Gasteiger partial charge < -0.3 is 19.7 Å². The number of nitrogens with zero attached hydrogens (tertiary/aromatic N) is 1. The first kappa shape index (κ1) is 20.1. The molecule has 0 bridgehead atoms. The van der Waals surface area contributed by atoms with Gasteiger partial charge in [-0.1, -0.05) is 35.9 Å². The summed E-state index contributed by atoms with van der Waals surface area (Å²) in [5, 5.41) is 4.24. The summed E-state index contributed by atoms with van der Waals surface area (Å²) in [6, 6.07) is 21.0. The number of hydrogen-bond donors (Lipinski definition) is 1. The summed E-state index contributed by atoms with van der Waals surface area (Å²) in [4.78, 5) is 15.2. The minimum Gasteiger partial charge on any atom is -0.493 e. The first-order valence-corrected chi connectivity index (χ1v) is 10.1. The number of ether oxygens (including phenoxy) is 2. The number of methoxy groups -OCH3 is 2. The Kier molecular flexibility index (Phi) is 5.81. The van der Waals surface area contributed by atoms with E-state index in [9.17, 15) is 4.79 Å². The molecule has 1 heterocycles. The monoisotopic (exact) mass is 422 g/mol. The molecule has 0 fully saturated rings. The number of fused-ring (bicyclic) bond motifs is 1. The maximum absolute atomic E-state index is 13.3. The van der Waals surface area contributed by atoms with Crippen molar-refractivity contribution >= 4 is 28.9 Å². The third-order valence-electron chi connectivity index (χ3n) is 5.29. The van der Waals surface area contributed by atoms with Crippen molar-refractivity contribution in [3.63, 3.8) is 0 Å². The molecule has 1 N–H and O–H groups in total. The standard InChI is InChI=1S/C24H23ClN2O3/c1-29-22-11-10-16(14-23(22)30-2)24(28)27-13-12-20(19-8-3-4-9-21(19)27)26-18-7-5-6-17(25)15-18/h3-11,14-15,20,26H,12-13H2,1-2H3. The molecular formula is C24H23ClN2O3. The number of hydrogen-bond acceptors (Lipinski definition) is 4. The minimum atomic E-state index is -0.0652. The summed E-state index contributed by atoms with van der Waals surface area (Å²) < 4.78 is 10.6. The molecule has 3 aromatic carbocycles. The highest BCUT2D eigenvalue weighted by Crippen LogP contribution is 2.37. The molecule has 0 aliphatic carbocycles. The number of carbonyl (C=O) groups is 1. The summed E-state index contributed by atoms with van der Waals surface area (Å²) >= 11 is 6.13. The Morgan fingerprint density at radius 1 is 1.00 bits per heavy atom. The largest absolute Gasteiger partial charge is 0.493 e. The van der Waals surface area contributed by atoms with Crippen LogP contribution in [0, 0.1) is 0 Å². The molecule has 0 spiro atoms. The molecule has 154 valence electrons. The van der Waals surface area contributed by atoms with Crippen molar-refractivity contribution < 1.29 is 14.3 Å². The lowest BCUT2D eigenvalue weighted by atomic mass is 9.95. The van der Waals surface area contributed by atoms with E-state index in [2.05, 4.69) is 11.4 Å². The van der Waals surface area contributed by atoms with Gasteiger partial charge in [-0.15, -0.1) is 0 Å². The average molecular weight is 423 g/mol. The molecule has 5 nitrogen and oxygen atoms in total. The molecule has 1 aliphatic rings. The van der Waals surface area contributed by atoms with Crippen LogP contribution >= 0.6 is 11.6 Å². The van der Waals surface area contributed by atoms with Crippen LogP contribution in [0.4, 0.5) is 11.4 Å². The van der Waals surface area contributed by atoms with Gasteiger partial charge in [-0.2, -0.15) is 0 Å². The van der Waals surface area contributed by atoms with E-state index in [4.69, 9.17) is 21.1 Å². The first-order valence-electron chi connectivity index (χ1n) is 9.75. The molecule has 1 unspecified atom stereocenters. The fourth-order valence-electron chi connectivity index (χ4n) is 3.83. The van der Waals surface area contributed by atoms with Crippen LogP contribution in [0.1, 0.15) is 28.4 Å². The lowest BCUT2D eigenvalue weighted by Crippen LogP contribution is -2.38. The fourth-order valence-corrected chi connectivity index (χ4v) is 4.02. The fraction of sp³-hybridized carbons (Fsp3) is 0.208. The summed E-state index contributed by atoms with van der Waals surface area (Å²) in [5.41, 5.74) is 3.51. The van der Waals surface area contributed by atoms with Gasteiger partial charge in [-0.25, -0.2) is 0 Å². The summed E-state index contributed by atoms with van der Waals surface area (Å²) in [7, 11) is 3.14. The van der Waals surface area contributed by atoms with Gasteiger partial charge >= 0.3 is 0 Å². The molecule has 3 aromatic rings. The van der Waals surface area contributed by atoms with Crippen LogP contribution in [0.15, 0.2) is 66.7 Å². The van der Waals surface area contributed by atoms with Gasteiger partial charge in [-0.3, -0.25) is 4.79 Å². The maximum atomic E-state index is 13.3. The Labute approximate surface area is 181 Å². The van der Waals surface area contributed by atoms with Crippen LogP contribution in [0.5, 0.6) is 11.5 Å². The van der Waals surface area contributed by atoms with Crippen LogP contribution in [0.2, 0.25) is 5.02 Å². The Morgan fingerprint density at radius 2 is 1.80 bits per heavy atom. The number of halogens is 1. The zero-order chi connectivity index (χ0) is 21.1. The second kappa shape index (κ2) is 8.67. The number of amides is 1. The Balaban J connectivity index is 1.63. The predicted octanol–water partition coefficient (Wildman–Crippen LogP) is 5.56. The highest BCUT2D eigenvalue weighted by molar-refractivity contribution is 6.30. The predicted molar refractivity (Wildman–Crippen MR) is 120 cm³/mol. The van der Waals surface area contributed by atoms with E-state index in [0.717, 1.165) is 23.4 Å². The molecule has 0 radical (unpaired) electrons. The van der Waals surface area contributed by atoms with Crippen molar-refractivity contribution in [2.24, 2.45) is 0 Å². The lowest BCUT2D eigenvalue weighted by molar-refractivity contribution is 0.0984. The normalized spacial score (nSPS) is 15.3. The summed E-state index contributed by atoms with van der Waals surface area (Å²) in [5.74, 6) is 1.07. The van der Waals surface area contributed by atoms with Crippen LogP contribution < -0.4 is 19.7 Å². The van der Waals surface area contributed by atoms with Crippen molar-refractivity contribution in [3.8, 4) is 11.5 Å². The molecule has 0 saturated carbocycles. The number of nitrogens with one attached hydrogen (secondary N) is 1. The van der Waals surface area contributed by atoms with Crippen molar-refractivity contribution in [3.05, 3.63) is 82.9 Å². The van der Waals surface area contributed by atoms with Gasteiger partial charge in [0.1, 0.15) is 0 Å². The molecule has 4 rings (SSSR count). The van der Waals surface area contributed by atoms with Crippen molar-refractivity contribution in [1.29, 1.82) is 0 Å². The molecule has 6 heteroatoms. The topological polar surface area (TPSA) is 50.8 Å². The van der Waals surface area contributed by atoms with Crippen molar-refractivity contribution in [2.75, 3.05) is 31.0 Å². The molecule has 1 aliphatic heterocycles. The van der Waals surface area contributed by atoms with Gasteiger partial charge in [0.2, 0.25) is 0 Å². The first-order chi connectivity index (χ1) is 14.6. The molecule has 0 saturated heterocycles. The third-order valence-corrected chi connectivity index (χ3v) is 5.52. The molecule has 30 heavy (non-hydrogen) atoms. The SMILES string of the molecule is COc1ccc(C(=O)N2CCC(Nc3cccc(Cl)c3)c3ccccc32)cc1OC. The van der Waals surface area contributed by atoms with Crippen LogP contribution in [-0.4, -0.2) is 26.7 Å². The molecular weight excluding hydrogens is 400 g/mol. The van der Waals surface area contributed by atoms with Crippen molar-refractivity contribution in [2.45, 2.75) is 12.5 Å². The number of rotatable bonds is 5. The van der Waals surface area contributed by atoms with Crippen LogP contribution in [0.3, 0.4) is 0 Å². The second-order valence-electron chi connectivity index (χ2n) is 7.08. The maximum Gasteiger partial charge on any atom is 0.258 e. The Bertz CT molecular complexity index is 1070. The lowest BCUT2D eigenvalue weighted by Gasteiger charge is -2.35. The summed E-state index contributed by atoms with van der Waals surface area (Å²) in [6.07, 6.45) is 0.780. The van der Waals surface area contributed by atoms with E-state index in [-0.39, 0.29) is 11.9 Å². The number of carbonyl (C=O) groups excluding carboxylic acids is 1. The van der Waals surface area contributed by atoms with Crippen molar-refractivity contribution in [1.82, 2.24) is 0 Å². The van der Waals surface area contributed by atoms with E-state index in [0.29, 0.717) is 28.6 Å². The third kappa shape index (κ3) is 3.94. The van der Waals surface area contributed by atoms with Crippen LogP contribution in [0.25, 0.3) is 0 Å². The zero-order valence-corrected chi connectivity index (χ0v) is 17.6. The highest BCUT2D eigenvalue weighted by atomic mass is 35.5. The van der Waals surface area contributed by atoms with E-state index in [1.54, 1.807) is 32.4 Å². The molecule has 1 amide bonds. The van der Waals surface area contributed by atoms with Crippen LogP contribution in [-0.2, 0) is 0 Å². The van der Waals surface area contributed by atoms with Gasteiger partial charge in [0, 0.05) is 28.5 Å². The number of benzene rings is 3. The summed E-state index contributed by atoms with van der Waals surface area (Å²) in [6.45, 7) is 0.600. The van der Waals surface area contributed by atoms with Gasteiger partial charge in [0.25, 0.3) is 5.91 Å². The average Bonchev–Trinajstić information content (AvgIpc) is 2.78. The number of anilines is 2. The number of para-hydroxylation sites is 1. The Hall–Kier alpha value is -3.18.